The number of carbonyl (C=O) groups excluding carboxylic acids is 1. The number of non-ortho nitro benzene ring substituents is 1. The molecule has 29 heavy (non-hydrogen) atoms. The highest BCUT2D eigenvalue weighted by molar-refractivity contribution is 6.14. The molecule has 3 rings (SSSR count). The van der Waals surface area contributed by atoms with Crippen LogP contribution in [0, 0.1) is 42.2 Å². The smallest absolute Gasteiger partial charge is 0.270 e. The normalized spacial score (nSPS) is 11.2. The summed E-state index contributed by atoms with van der Waals surface area (Å²) in [7, 11) is 0. The van der Waals surface area contributed by atoms with Crippen LogP contribution in [0.5, 0.6) is 0 Å². The molecule has 144 valence electrons. The van der Waals surface area contributed by atoms with E-state index in [1.54, 1.807) is 0 Å². The Kier molecular flexibility index (Phi) is 5.42. The molecule has 0 bridgehead atoms. The van der Waals surface area contributed by atoms with Gasteiger partial charge in [0.25, 0.3) is 5.69 Å². The van der Waals surface area contributed by atoms with E-state index in [4.69, 9.17) is 0 Å². The van der Waals surface area contributed by atoms with Crippen molar-refractivity contribution in [2.24, 2.45) is 0 Å². The van der Waals surface area contributed by atoms with E-state index in [9.17, 15) is 20.2 Å². The highest BCUT2D eigenvalue weighted by Gasteiger charge is 2.17. The van der Waals surface area contributed by atoms with Crippen molar-refractivity contribution in [1.82, 2.24) is 4.57 Å². The maximum absolute atomic E-state index is 12.7. The van der Waals surface area contributed by atoms with Crippen LogP contribution in [0.25, 0.3) is 11.8 Å². The van der Waals surface area contributed by atoms with E-state index in [-0.39, 0.29) is 16.8 Å². The Morgan fingerprint density at radius 3 is 2.41 bits per heavy atom. The number of aromatic nitrogens is 1. The molecule has 3 aromatic rings. The van der Waals surface area contributed by atoms with Crippen LogP contribution in [0.3, 0.4) is 0 Å². The Balaban J connectivity index is 2.02. The van der Waals surface area contributed by atoms with Crippen molar-refractivity contribution in [3.63, 3.8) is 0 Å². The fraction of sp³-hybridized carbons (Fsp3) is 0.130. The lowest BCUT2D eigenvalue weighted by Crippen LogP contribution is -2.03. The number of carbonyl (C=O) groups is 1. The van der Waals surface area contributed by atoms with Crippen molar-refractivity contribution in [3.05, 3.63) is 98.4 Å². The van der Waals surface area contributed by atoms with E-state index in [0.717, 1.165) is 28.2 Å². The number of hydrogen-bond acceptors (Lipinski definition) is 4. The molecule has 6 heteroatoms. The fourth-order valence-electron chi connectivity index (χ4n) is 3.25. The van der Waals surface area contributed by atoms with E-state index in [1.807, 2.05) is 57.2 Å². The van der Waals surface area contributed by atoms with Gasteiger partial charge in [0.1, 0.15) is 11.6 Å². The third-order valence-corrected chi connectivity index (χ3v) is 4.75. The van der Waals surface area contributed by atoms with Gasteiger partial charge in [-0.15, -0.1) is 0 Å². The molecule has 2 aromatic carbocycles. The predicted molar refractivity (Wildman–Crippen MR) is 111 cm³/mol. The molecule has 0 saturated carbocycles. The zero-order chi connectivity index (χ0) is 21.1. The van der Waals surface area contributed by atoms with Gasteiger partial charge in [-0.1, -0.05) is 29.8 Å². The summed E-state index contributed by atoms with van der Waals surface area (Å²) in [5.74, 6) is -0.545. The first-order valence-electron chi connectivity index (χ1n) is 8.98. The van der Waals surface area contributed by atoms with Crippen LogP contribution in [0.15, 0.2) is 60.2 Å². The third kappa shape index (κ3) is 3.99. The Hall–Kier alpha value is -3.98. The Morgan fingerprint density at radius 2 is 1.79 bits per heavy atom. The van der Waals surface area contributed by atoms with Gasteiger partial charge in [0.2, 0.25) is 5.78 Å². The van der Waals surface area contributed by atoms with Crippen LogP contribution in [0.2, 0.25) is 0 Å². The lowest BCUT2D eigenvalue weighted by Gasteiger charge is -2.10. The van der Waals surface area contributed by atoms with Gasteiger partial charge in [-0.3, -0.25) is 14.9 Å². The van der Waals surface area contributed by atoms with Gasteiger partial charge in [-0.2, -0.15) is 5.26 Å². The van der Waals surface area contributed by atoms with Gasteiger partial charge < -0.3 is 4.57 Å². The monoisotopic (exact) mass is 385 g/mol. The molecular weight excluding hydrogens is 366 g/mol. The maximum atomic E-state index is 12.7. The average molecular weight is 385 g/mol. The number of allylic oxidation sites excluding steroid dienone is 1. The minimum Gasteiger partial charge on any atom is -0.318 e. The van der Waals surface area contributed by atoms with E-state index in [0.29, 0.717) is 0 Å². The first kappa shape index (κ1) is 19.8. The maximum Gasteiger partial charge on any atom is 0.270 e. The first-order valence-corrected chi connectivity index (χ1v) is 8.98. The number of hydrogen-bond donors (Lipinski definition) is 0. The van der Waals surface area contributed by atoms with E-state index in [1.165, 1.54) is 30.3 Å². The lowest BCUT2D eigenvalue weighted by atomic mass is 10.0. The first-order chi connectivity index (χ1) is 13.8. The number of nitrogens with zero attached hydrogens (tertiary/aromatic N) is 3. The predicted octanol–water partition coefficient (Wildman–Crippen LogP) is 5.10. The lowest BCUT2D eigenvalue weighted by molar-refractivity contribution is -0.384. The number of Topliss-reactive ketones (excluding diaryl/α,β-unsaturated/α-hetero) is 1. The number of nitriles is 1. The molecule has 0 aliphatic rings. The Morgan fingerprint density at radius 1 is 1.10 bits per heavy atom. The van der Waals surface area contributed by atoms with Gasteiger partial charge in [0, 0.05) is 34.8 Å². The zero-order valence-corrected chi connectivity index (χ0v) is 16.3. The summed E-state index contributed by atoms with van der Waals surface area (Å²) >= 11 is 0. The molecule has 0 saturated heterocycles. The topological polar surface area (TPSA) is 88.9 Å². The largest absolute Gasteiger partial charge is 0.318 e. The minimum absolute atomic E-state index is 0.0744. The third-order valence-electron chi connectivity index (χ3n) is 4.75. The number of aryl methyl sites for hydroxylation is 2. The molecular formula is C23H19N3O3. The molecule has 0 radical (unpaired) electrons. The van der Waals surface area contributed by atoms with Crippen molar-refractivity contribution in [3.8, 4) is 11.8 Å². The molecule has 0 aliphatic heterocycles. The molecule has 0 amide bonds. The van der Waals surface area contributed by atoms with Crippen LogP contribution in [0.1, 0.15) is 32.9 Å². The van der Waals surface area contributed by atoms with Gasteiger partial charge in [0.05, 0.1) is 4.92 Å². The van der Waals surface area contributed by atoms with E-state index >= 15 is 0 Å². The molecule has 0 atom stereocenters. The highest BCUT2D eigenvalue weighted by Crippen LogP contribution is 2.24. The van der Waals surface area contributed by atoms with Crippen LogP contribution in [-0.2, 0) is 0 Å². The Labute approximate surface area is 168 Å². The zero-order valence-electron chi connectivity index (χ0n) is 16.3. The number of rotatable bonds is 5. The van der Waals surface area contributed by atoms with Crippen LogP contribution in [-0.4, -0.2) is 15.3 Å². The van der Waals surface area contributed by atoms with Crippen molar-refractivity contribution in [2.45, 2.75) is 20.8 Å². The minimum atomic E-state index is -0.568. The van der Waals surface area contributed by atoms with Crippen molar-refractivity contribution in [1.29, 1.82) is 5.26 Å². The van der Waals surface area contributed by atoms with Crippen LogP contribution in [0.4, 0.5) is 5.69 Å². The van der Waals surface area contributed by atoms with E-state index in [2.05, 4.69) is 4.57 Å². The molecule has 0 N–H and O–H groups in total. The number of nitro groups is 1. The second kappa shape index (κ2) is 7.95. The molecule has 1 aromatic heterocycles. The summed E-state index contributed by atoms with van der Waals surface area (Å²) in [6.45, 7) is 5.90. The quantitative estimate of drug-likeness (QED) is 0.201. The van der Waals surface area contributed by atoms with Gasteiger partial charge in [-0.05, 0) is 50.6 Å². The van der Waals surface area contributed by atoms with Gasteiger partial charge in [-0.25, -0.2) is 0 Å². The summed E-state index contributed by atoms with van der Waals surface area (Å²) < 4.78 is 2.05. The highest BCUT2D eigenvalue weighted by atomic mass is 16.6. The molecule has 0 fully saturated rings. The molecule has 6 nitrogen and oxygen atoms in total. The van der Waals surface area contributed by atoms with Crippen molar-refractivity contribution in [2.75, 3.05) is 0 Å². The second-order valence-corrected chi connectivity index (χ2v) is 6.80. The van der Waals surface area contributed by atoms with Gasteiger partial charge in [0.15, 0.2) is 0 Å². The average Bonchev–Trinajstić information content (AvgIpc) is 2.99. The molecule has 1 heterocycles. The summed E-state index contributed by atoms with van der Waals surface area (Å²) in [4.78, 5) is 23.1. The number of nitro benzene ring substituents is 1. The number of benzene rings is 2. The van der Waals surface area contributed by atoms with Crippen LogP contribution < -0.4 is 0 Å². The summed E-state index contributed by atoms with van der Waals surface area (Å²) in [6.07, 6.45) is 1.54. The van der Waals surface area contributed by atoms with E-state index < -0.39 is 10.7 Å². The molecule has 0 spiro atoms. The standard InChI is InChI=1S/C23H19N3O3/c1-15-7-9-21(10-8-15)25-16(2)11-19(17(25)3)12-20(14-24)23(27)18-5-4-6-22(13-18)26(28)29/h4-13H,1-3H3. The summed E-state index contributed by atoms with van der Waals surface area (Å²) in [5, 5.41) is 20.5. The van der Waals surface area contributed by atoms with Crippen LogP contribution >= 0.6 is 0 Å². The summed E-state index contributed by atoms with van der Waals surface area (Å²) in [5.41, 5.74) is 4.61. The Bertz CT molecular complexity index is 1180. The molecule has 0 aliphatic carbocycles. The van der Waals surface area contributed by atoms with Crippen molar-refractivity contribution < 1.29 is 9.72 Å². The SMILES string of the molecule is Cc1ccc(-n2c(C)cc(C=C(C#N)C(=O)c3cccc([N+](=O)[O-])c3)c2C)cc1. The van der Waals surface area contributed by atoms with Crippen molar-refractivity contribution >= 4 is 17.5 Å². The number of ketones is 1. The second-order valence-electron chi connectivity index (χ2n) is 6.80. The molecule has 0 unspecified atom stereocenters. The summed E-state index contributed by atoms with van der Waals surface area (Å²) in [6, 6.07) is 17.3. The fourth-order valence-corrected chi connectivity index (χ4v) is 3.25. The van der Waals surface area contributed by atoms with Gasteiger partial charge >= 0.3 is 0 Å².